The number of alkyl halides is 6. The highest BCUT2D eigenvalue weighted by molar-refractivity contribution is 8.00. The number of thioether (sulfide) groups is 1. The zero-order chi connectivity index (χ0) is 59.7. The number of hydrogen-bond acceptors (Lipinski definition) is 11. The van der Waals surface area contributed by atoms with Gasteiger partial charge in [-0.05, 0) is 87.9 Å². The van der Waals surface area contributed by atoms with E-state index in [9.17, 15) is 59.1 Å². The van der Waals surface area contributed by atoms with Crippen molar-refractivity contribution in [1.29, 1.82) is 0 Å². The van der Waals surface area contributed by atoms with Crippen molar-refractivity contribution >= 4 is 47.4 Å². The van der Waals surface area contributed by atoms with Gasteiger partial charge in [-0.25, -0.2) is 18.4 Å². The zero-order valence-corrected chi connectivity index (χ0v) is 46.4. The van der Waals surface area contributed by atoms with Crippen LogP contribution < -0.4 is 42.0 Å². The number of nitrogens with one attached hydrogen (secondary N) is 7. The van der Waals surface area contributed by atoms with Crippen LogP contribution >= 0.6 is 11.8 Å². The van der Waals surface area contributed by atoms with Crippen LogP contribution in [0.5, 0.6) is 5.75 Å². The van der Waals surface area contributed by atoms with Crippen LogP contribution in [0.1, 0.15) is 138 Å². The van der Waals surface area contributed by atoms with Crippen LogP contribution in [0, 0.1) is 11.6 Å². The molecule has 6 rings (SSSR count). The van der Waals surface area contributed by atoms with Gasteiger partial charge in [0.2, 0.25) is 23.6 Å². The third kappa shape index (κ3) is 22.3. The summed E-state index contributed by atoms with van der Waals surface area (Å²) in [4.78, 5) is 72.4. The quantitative estimate of drug-likeness (QED) is 0.0160. The second-order valence-corrected chi connectivity index (χ2v) is 21.6. The third-order valence-electron chi connectivity index (χ3n) is 13.8. The maximum atomic E-state index is 14.0. The van der Waals surface area contributed by atoms with Gasteiger partial charge in [0.05, 0.1) is 25.1 Å². The molecular weight excluding hydrogens is 1110 g/mol. The van der Waals surface area contributed by atoms with Crippen molar-refractivity contribution in [3.8, 4) is 5.75 Å². The van der Waals surface area contributed by atoms with Crippen LogP contribution in [0.25, 0.3) is 0 Å². The van der Waals surface area contributed by atoms with E-state index in [0.717, 1.165) is 115 Å². The lowest BCUT2D eigenvalue weighted by molar-refractivity contribution is -0.192. The number of urea groups is 1. The topological polar surface area (TPSA) is 241 Å². The Morgan fingerprint density at radius 3 is 1.95 bits per heavy atom. The first-order valence-corrected chi connectivity index (χ1v) is 28.7. The second kappa shape index (κ2) is 32.9. The Labute approximate surface area is 475 Å². The number of halogens is 8. The smallest absolute Gasteiger partial charge is 0.490 e. The van der Waals surface area contributed by atoms with E-state index in [0.29, 0.717) is 35.3 Å². The van der Waals surface area contributed by atoms with Crippen LogP contribution in [-0.2, 0) is 42.6 Å². The van der Waals surface area contributed by atoms with Gasteiger partial charge in [-0.15, -0.1) is 10.2 Å². The van der Waals surface area contributed by atoms with E-state index in [1.54, 1.807) is 30.3 Å². The lowest BCUT2D eigenvalue weighted by Crippen LogP contribution is -2.49. The number of amides is 6. The minimum atomic E-state index is -5.08. The Hall–Kier alpha value is -6.57. The SMILES string of the molecule is C[C@H](NC(=O)Cc1cc(F)cc(F)c1)C(=O)N[C@H](C(=O)NCc1ccc(C2(C(F)(F)F)N=N2)cc1OCCCCCCCCNCCCCCCCCNC(=O)CCCC[C@@H]1SC[C@@H]2NC(=O)N[C@@H]21)c1ccccc1.O=C(O)C(F)(F)F. The van der Waals surface area contributed by atoms with Gasteiger partial charge in [0.15, 0.2) is 0 Å². The van der Waals surface area contributed by atoms with Gasteiger partial charge in [0, 0.05) is 47.7 Å². The summed E-state index contributed by atoms with van der Waals surface area (Å²) in [5.74, 6) is -5.30. The maximum absolute atomic E-state index is 14.0. The lowest BCUT2D eigenvalue weighted by Gasteiger charge is -2.22. The highest BCUT2D eigenvalue weighted by Gasteiger charge is 2.65. The highest BCUT2D eigenvalue weighted by Crippen LogP contribution is 2.53. The van der Waals surface area contributed by atoms with Crippen LogP contribution in [-0.4, -0.2) is 108 Å². The number of carboxylic acids is 1. The van der Waals surface area contributed by atoms with E-state index in [1.807, 2.05) is 11.8 Å². The van der Waals surface area contributed by atoms with Crippen LogP contribution in [0.2, 0.25) is 0 Å². The number of unbranched alkanes of at least 4 members (excludes halogenated alkanes) is 11. The van der Waals surface area contributed by atoms with E-state index in [4.69, 9.17) is 14.6 Å². The fourth-order valence-corrected chi connectivity index (χ4v) is 10.8. The van der Waals surface area contributed by atoms with Gasteiger partial charge in [-0.1, -0.05) is 100 Å². The minimum Gasteiger partial charge on any atom is -0.493 e. The highest BCUT2D eigenvalue weighted by atomic mass is 32.2. The molecule has 0 saturated carbocycles. The summed E-state index contributed by atoms with van der Waals surface area (Å²) in [7, 11) is 0. The third-order valence-corrected chi connectivity index (χ3v) is 15.3. The summed E-state index contributed by atoms with van der Waals surface area (Å²) in [6.45, 7) is 4.10. The predicted octanol–water partition coefficient (Wildman–Crippen LogP) is 9.49. The first-order valence-electron chi connectivity index (χ1n) is 27.7. The standard InChI is InChI=1S/C54H72F5N9O6S.C2HF3O2/c1-36(63-47(70)31-37-29-41(55)33-42(56)30-37)50(71)65-48(38-19-11-10-12-20-38)51(72)62-34-39-23-24-40(53(67-68-53)54(57,58)59)32-44(39)74-28-18-9-5-4-7-16-26-60-25-15-6-2-3-8-17-27-61-46(69)22-14-13-21-45-49-43(35-75-45)64-52(73)66-49;3-2(4,5)1(6)7/h10-12,19-20,23-24,29-30,32-33,36,43,45,48-49,60H,2-9,13-18,21-22,25-28,31,34-35H2,1H3,(H,61,69)(H,62,72)(H,63,70)(H,65,71)(H2,64,66,73);(H,6,7)/t36-,43-,45-,48-,49-;/m0./s1. The molecule has 0 bridgehead atoms. The van der Waals surface area contributed by atoms with E-state index < -0.39 is 71.8 Å². The monoisotopic (exact) mass is 1180 g/mol. The van der Waals surface area contributed by atoms with E-state index in [1.165, 1.54) is 38.0 Å². The molecule has 3 aromatic carbocycles. The summed E-state index contributed by atoms with van der Waals surface area (Å²) in [6.07, 6.45) is 5.55. The molecular formula is C56H73F8N9O8S. The van der Waals surface area contributed by atoms with Crippen LogP contribution in [0.15, 0.2) is 77.0 Å². The summed E-state index contributed by atoms with van der Waals surface area (Å²) >= 11 is 1.91. The zero-order valence-electron chi connectivity index (χ0n) is 45.6. The van der Waals surface area contributed by atoms with Crippen molar-refractivity contribution in [3.63, 3.8) is 0 Å². The molecule has 17 nitrogen and oxygen atoms in total. The number of carbonyl (C=O) groups is 6. The average molecular weight is 1180 g/mol. The molecule has 3 heterocycles. The number of hydrogen-bond donors (Lipinski definition) is 8. The number of nitrogens with zero attached hydrogens (tertiary/aromatic N) is 2. The van der Waals surface area contributed by atoms with Gasteiger partial charge in [0.1, 0.15) is 29.5 Å². The summed E-state index contributed by atoms with van der Waals surface area (Å²) in [5.41, 5.74) is -2.02. The number of rotatable bonds is 34. The molecule has 3 aliphatic rings. The molecule has 0 spiro atoms. The van der Waals surface area contributed by atoms with Gasteiger partial charge in [-0.2, -0.15) is 38.1 Å². The van der Waals surface area contributed by atoms with E-state index in [2.05, 4.69) is 47.4 Å². The van der Waals surface area contributed by atoms with Crippen molar-refractivity contribution in [2.45, 2.75) is 170 Å². The minimum absolute atomic E-state index is 0.0651. The number of benzene rings is 3. The summed E-state index contributed by atoms with van der Waals surface area (Å²) in [6, 6.07) is 12.9. The Bertz CT molecular complexity index is 2570. The molecule has 26 heteroatoms. The first kappa shape index (κ1) is 66.2. The molecule has 2 fully saturated rings. The molecule has 0 radical (unpaired) electrons. The van der Waals surface area contributed by atoms with E-state index >= 15 is 0 Å². The molecule has 0 aliphatic carbocycles. The van der Waals surface area contributed by atoms with Crippen molar-refractivity contribution in [2.24, 2.45) is 10.2 Å². The van der Waals surface area contributed by atoms with Crippen molar-refractivity contribution in [2.75, 3.05) is 32.0 Å². The van der Waals surface area contributed by atoms with Gasteiger partial charge in [-0.3, -0.25) is 19.2 Å². The fourth-order valence-electron chi connectivity index (χ4n) is 9.29. The van der Waals surface area contributed by atoms with Gasteiger partial charge >= 0.3 is 30.0 Å². The normalized spacial score (nSPS) is 17.5. The molecule has 3 aromatic rings. The maximum Gasteiger partial charge on any atom is 0.490 e. The molecule has 0 aromatic heterocycles. The summed E-state index contributed by atoms with van der Waals surface area (Å²) in [5, 5.41) is 34.7. The Kier molecular flexibility index (Phi) is 26.6. The number of carbonyl (C=O) groups excluding carboxylic acids is 5. The number of carboxylic acid groups (broad SMARTS) is 1. The molecule has 0 unspecified atom stereocenters. The Balaban J connectivity index is 0.00000165. The number of ether oxygens (including phenoxy) is 1. The largest absolute Gasteiger partial charge is 0.493 e. The summed E-state index contributed by atoms with van der Waals surface area (Å²) < 4.78 is 107. The Morgan fingerprint density at radius 1 is 0.732 bits per heavy atom. The van der Waals surface area contributed by atoms with Gasteiger partial charge in [0.25, 0.3) is 0 Å². The predicted molar refractivity (Wildman–Crippen MR) is 290 cm³/mol. The first-order chi connectivity index (χ1) is 39.1. The van der Waals surface area contributed by atoms with Crippen molar-refractivity contribution in [3.05, 3.63) is 101 Å². The van der Waals surface area contributed by atoms with Crippen LogP contribution in [0.4, 0.5) is 39.9 Å². The molecule has 8 N–H and O–H groups in total. The van der Waals surface area contributed by atoms with E-state index in [-0.39, 0.29) is 54.1 Å². The molecule has 5 atom stereocenters. The molecule has 3 aliphatic heterocycles. The molecule has 2 saturated heterocycles. The second-order valence-electron chi connectivity index (χ2n) is 20.4. The fraction of sp³-hybridized carbons (Fsp3) is 0.571. The molecule has 6 amide bonds. The van der Waals surface area contributed by atoms with Crippen molar-refractivity contribution < 1.29 is 73.7 Å². The van der Waals surface area contributed by atoms with Gasteiger partial charge < -0.3 is 47.1 Å². The van der Waals surface area contributed by atoms with Crippen LogP contribution in [0.3, 0.4) is 0 Å². The van der Waals surface area contributed by atoms with Crippen molar-refractivity contribution in [1.82, 2.24) is 37.2 Å². The Morgan fingerprint density at radius 2 is 1.34 bits per heavy atom. The number of aliphatic carboxylic acids is 1. The average Bonchev–Trinajstić information content (AvgIpc) is 4.15. The molecule has 82 heavy (non-hydrogen) atoms. The molecule has 452 valence electrons. The lowest BCUT2D eigenvalue weighted by atomic mass is 10.00. The number of fused-ring (bicyclic) bond motifs is 1.